The first-order chi connectivity index (χ1) is 10.4. The maximum Gasteiger partial charge on any atom is 0.222 e. The van der Waals surface area contributed by atoms with E-state index >= 15 is 0 Å². The molecule has 1 atom stereocenters. The molecule has 4 heteroatoms. The van der Waals surface area contributed by atoms with Crippen LogP contribution in [0.25, 0.3) is 12.2 Å². The third kappa shape index (κ3) is 4.13. The molecule has 0 spiro atoms. The maximum atomic E-state index is 5.56. The van der Waals surface area contributed by atoms with Crippen LogP contribution in [-0.4, -0.2) is 29.2 Å². The Labute approximate surface area is 124 Å². The van der Waals surface area contributed by atoms with Crippen molar-refractivity contribution in [2.24, 2.45) is 0 Å². The summed E-state index contributed by atoms with van der Waals surface area (Å²) in [6.07, 6.45) is 10.3. The standard InChI is InChI=1S/C17H19N3O/c1-2-5-14(6-3-1)8-9-15-11-18-17(19-12-15)20-13-16-7-4-10-21-16/h1-3,5-6,8-9,11-12,16H,4,7,10,13H2,(H,18,19,20)/b9-8+. The average Bonchev–Trinajstić information content (AvgIpc) is 3.06. The van der Waals surface area contributed by atoms with Crippen LogP contribution in [0.3, 0.4) is 0 Å². The van der Waals surface area contributed by atoms with E-state index in [0.717, 1.165) is 37.1 Å². The number of nitrogens with zero attached hydrogens (tertiary/aromatic N) is 2. The first-order valence-corrected chi connectivity index (χ1v) is 7.31. The Morgan fingerprint density at radius 1 is 1.10 bits per heavy atom. The lowest BCUT2D eigenvalue weighted by molar-refractivity contribution is 0.120. The van der Waals surface area contributed by atoms with Crippen molar-refractivity contribution in [3.63, 3.8) is 0 Å². The number of ether oxygens (including phenoxy) is 1. The van der Waals surface area contributed by atoms with Gasteiger partial charge in [-0.05, 0) is 18.4 Å². The molecule has 1 N–H and O–H groups in total. The summed E-state index contributed by atoms with van der Waals surface area (Å²) in [5.41, 5.74) is 2.15. The zero-order chi connectivity index (χ0) is 14.3. The van der Waals surface area contributed by atoms with Crippen molar-refractivity contribution in [3.05, 3.63) is 53.9 Å². The highest BCUT2D eigenvalue weighted by atomic mass is 16.5. The summed E-state index contributed by atoms with van der Waals surface area (Å²) in [6, 6.07) is 10.2. The second-order valence-corrected chi connectivity index (χ2v) is 5.10. The lowest BCUT2D eigenvalue weighted by Crippen LogP contribution is -2.19. The van der Waals surface area contributed by atoms with Gasteiger partial charge in [0.1, 0.15) is 0 Å². The molecule has 1 aliphatic rings. The van der Waals surface area contributed by atoms with Crippen LogP contribution >= 0.6 is 0 Å². The van der Waals surface area contributed by atoms with E-state index in [-0.39, 0.29) is 0 Å². The Hall–Kier alpha value is -2.20. The molecule has 108 valence electrons. The topological polar surface area (TPSA) is 47.0 Å². The molecule has 1 fully saturated rings. The van der Waals surface area contributed by atoms with Gasteiger partial charge in [0.05, 0.1) is 6.10 Å². The smallest absolute Gasteiger partial charge is 0.222 e. The highest BCUT2D eigenvalue weighted by Crippen LogP contribution is 2.12. The zero-order valence-corrected chi connectivity index (χ0v) is 11.9. The fourth-order valence-electron chi connectivity index (χ4n) is 2.28. The van der Waals surface area contributed by atoms with Crippen molar-refractivity contribution in [1.82, 2.24) is 9.97 Å². The maximum absolute atomic E-state index is 5.56. The minimum atomic E-state index is 0.297. The van der Waals surface area contributed by atoms with Crippen molar-refractivity contribution in [2.45, 2.75) is 18.9 Å². The highest BCUT2D eigenvalue weighted by molar-refractivity contribution is 5.68. The van der Waals surface area contributed by atoms with Crippen LogP contribution < -0.4 is 5.32 Å². The molecule has 2 heterocycles. The summed E-state index contributed by atoms with van der Waals surface area (Å²) in [7, 11) is 0. The number of hydrogen-bond acceptors (Lipinski definition) is 4. The van der Waals surface area contributed by atoms with E-state index in [4.69, 9.17) is 4.74 Å². The quantitative estimate of drug-likeness (QED) is 0.914. The van der Waals surface area contributed by atoms with Gasteiger partial charge in [0.15, 0.2) is 0 Å². The van der Waals surface area contributed by atoms with Crippen LogP contribution in [0.2, 0.25) is 0 Å². The number of nitrogens with one attached hydrogen (secondary N) is 1. The molecular formula is C17H19N3O. The molecule has 1 unspecified atom stereocenters. The van der Waals surface area contributed by atoms with Crippen molar-refractivity contribution < 1.29 is 4.74 Å². The Bertz CT molecular complexity index is 575. The Balaban J connectivity index is 1.55. The minimum Gasteiger partial charge on any atom is -0.376 e. The molecule has 1 aromatic heterocycles. The third-order valence-electron chi connectivity index (χ3n) is 3.45. The lowest BCUT2D eigenvalue weighted by Gasteiger charge is -2.10. The number of benzene rings is 1. The molecule has 0 bridgehead atoms. The molecule has 0 amide bonds. The van der Waals surface area contributed by atoms with Crippen molar-refractivity contribution >= 4 is 18.1 Å². The second kappa shape index (κ2) is 6.99. The van der Waals surface area contributed by atoms with Gasteiger partial charge in [-0.3, -0.25) is 0 Å². The van der Waals surface area contributed by atoms with E-state index in [1.54, 1.807) is 0 Å². The monoisotopic (exact) mass is 281 g/mol. The van der Waals surface area contributed by atoms with Gasteiger partial charge in [0, 0.05) is 31.1 Å². The predicted molar refractivity (Wildman–Crippen MR) is 84.9 cm³/mol. The van der Waals surface area contributed by atoms with Crippen LogP contribution in [0.5, 0.6) is 0 Å². The van der Waals surface area contributed by atoms with Gasteiger partial charge in [-0.1, -0.05) is 42.5 Å². The largest absolute Gasteiger partial charge is 0.376 e. The molecule has 0 aliphatic carbocycles. The van der Waals surface area contributed by atoms with Crippen molar-refractivity contribution in [1.29, 1.82) is 0 Å². The van der Waals surface area contributed by atoms with Crippen LogP contribution in [0.15, 0.2) is 42.7 Å². The summed E-state index contributed by atoms with van der Waals surface area (Å²) in [4.78, 5) is 8.65. The van der Waals surface area contributed by atoms with E-state index < -0.39 is 0 Å². The van der Waals surface area contributed by atoms with Crippen LogP contribution in [-0.2, 0) is 4.74 Å². The van der Waals surface area contributed by atoms with Crippen molar-refractivity contribution in [2.75, 3.05) is 18.5 Å². The molecule has 4 nitrogen and oxygen atoms in total. The van der Waals surface area contributed by atoms with Crippen LogP contribution in [0.4, 0.5) is 5.95 Å². The summed E-state index contributed by atoms with van der Waals surface area (Å²) in [5, 5.41) is 3.22. The first kappa shape index (κ1) is 13.8. The zero-order valence-electron chi connectivity index (χ0n) is 11.9. The van der Waals surface area contributed by atoms with Gasteiger partial charge in [0.25, 0.3) is 0 Å². The highest BCUT2D eigenvalue weighted by Gasteiger charge is 2.14. The normalized spacial score (nSPS) is 18.2. The van der Waals surface area contributed by atoms with E-state index in [1.807, 2.05) is 36.7 Å². The number of anilines is 1. The predicted octanol–water partition coefficient (Wildman–Crippen LogP) is 3.24. The van der Waals surface area contributed by atoms with E-state index in [1.165, 1.54) is 0 Å². The van der Waals surface area contributed by atoms with Crippen molar-refractivity contribution in [3.8, 4) is 0 Å². The fourth-order valence-corrected chi connectivity index (χ4v) is 2.28. The number of aromatic nitrogens is 2. The van der Waals surface area contributed by atoms with Gasteiger partial charge in [-0.2, -0.15) is 0 Å². The Kier molecular flexibility index (Phi) is 4.59. The van der Waals surface area contributed by atoms with Crippen LogP contribution in [0.1, 0.15) is 24.0 Å². The molecule has 1 aliphatic heterocycles. The van der Waals surface area contributed by atoms with Gasteiger partial charge in [-0.25, -0.2) is 9.97 Å². The fraction of sp³-hybridized carbons (Fsp3) is 0.294. The Morgan fingerprint density at radius 2 is 1.86 bits per heavy atom. The molecule has 1 aromatic carbocycles. The summed E-state index contributed by atoms with van der Waals surface area (Å²) < 4.78 is 5.56. The van der Waals surface area contributed by atoms with E-state index in [2.05, 4.69) is 33.5 Å². The summed E-state index contributed by atoms with van der Waals surface area (Å²) in [5.74, 6) is 0.655. The summed E-state index contributed by atoms with van der Waals surface area (Å²) >= 11 is 0. The van der Waals surface area contributed by atoms with Gasteiger partial charge in [-0.15, -0.1) is 0 Å². The van der Waals surface area contributed by atoms with Gasteiger partial charge < -0.3 is 10.1 Å². The molecule has 3 rings (SSSR count). The van der Waals surface area contributed by atoms with E-state index in [0.29, 0.717) is 12.1 Å². The van der Waals surface area contributed by atoms with Gasteiger partial charge >= 0.3 is 0 Å². The minimum absolute atomic E-state index is 0.297. The number of rotatable bonds is 5. The molecule has 2 aromatic rings. The second-order valence-electron chi connectivity index (χ2n) is 5.10. The molecule has 0 radical (unpaired) electrons. The SMILES string of the molecule is C(=C\c1cnc(NCC2CCCO2)nc1)/c1ccccc1. The molecular weight excluding hydrogens is 262 g/mol. The van der Waals surface area contributed by atoms with Crippen LogP contribution in [0, 0.1) is 0 Å². The average molecular weight is 281 g/mol. The van der Waals surface area contributed by atoms with Gasteiger partial charge in [0.2, 0.25) is 5.95 Å². The third-order valence-corrected chi connectivity index (χ3v) is 3.45. The molecule has 1 saturated heterocycles. The summed E-state index contributed by atoms with van der Waals surface area (Å²) in [6.45, 7) is 1.65. The number of hydrogen-bond donors (Lipinski definition) is 1. The first-order valence-electron chi connectivity index (χ1n) is 7.31. The Morgan fingerprint density at radius 3 is 2.57 bits per heavy atom. The molecule has 0 saturated carbocycles. The lowest BCUT2D eigenvalue weighted by atomic mass is 10.2. The van der Waals surface area contributed by atoms with E-state index in [9.17, 15) is 0 Å². The molecule has 21 heavy (non-hydrogen) atoms.